The highest BCUT2D eigenvalue weighted by atomic mass is 16.5. The highest BCUT2D eigenvalue weighted by Gasteiger charge is 2.20. The van der Waals surface area contributed by atoms with Gasteiger partial charge in [-0.05, 0) is 17.7 Å². The summed E-state index contributed by atoms with van der Waals surface area (Å²) in [6, 6.07) is 6.20. The van der Waals surface area contributed by atoms with Crippen LogP contribution in [0.3, 0.4) is 0 Å². The van der Waals surface area contributed by atoms with Crippen LogP contribution in [0, 0.1) is 0 Å². The molecule has 5 heteroatoms. The minimum atomic E-state index is -0.963. The fraction of sp³-hybridized carbons (Fsp3) is 0.273. The molecule has 0 spiro atoms. The van der Waals surface area contributed by atoms with Crippen molar-refractivity contribution in [3.8, 4) is 0 Å². The molecule has 16 heavy (non-hydrogen) atoms. The molecule has 0 saturated carbocycles. The minimum Gasteiger partial charge on any atom is -0.478 e. The summed E-state index contributed by atoms with van der Waals surface area (Å²) in [6.45, 7) is 0.502. The predicted octanol–water partition coefficient (Wildman–Crippen LogP) is 0.572. The van der Waals surface area contributed by atoms with Crippen molar-refractivity contribution in [2.75, 3.05) is 13.2 Å². The number of rotatable bonds is 2. The molecule has 1 aliphatic rings. The average molecular weight is 221 g/mol. The Labute approximate surface area is 92.0 Å². The number of aromatic carboxylic acids is 1. The van der Waals surface area contributed by atoms with Crippen molar-refractivity contribution in [3.05, 3.63) is 35.4 Å². The van der Waals surface area contributed by atoms with E-state index < -0.39 is 5.97 Å². The van der Waals surface area contributed by atoms with Gasteiger partial charge in [0.15, 0.2) is 0 Å². The lowest BCUT2D eigenvalue weighted by atomic mass is 10.0. The molecule has 1 fully saturated rings. The summed E-state index contributed by atoms with van der Waals surface area (Å²) < 4.78 is 5.10. The van der Waals surface area contributed by atoms with Crippen LogP contribution >= 0.6 is 0 Å². The van der Waals surface area contributed by atoms with Crippen molar-refractivity contribution in [1.29, 1.82) is 0 Å². The standard InChI is InChI=1S/C11H11NO4/c13-10-6-16-5-9(12-10)7-1-3-8(4-2-7)11(14)15/h1-4,9H,5-6H2,(H,12,13)(H,14,15). The van der Waals surface area contributed by atoms with Crippen molar-refractivity contribution in [3.63, 3.8) is 0 Å². The van der Waals surface area contributed by atoms with Crippen LogP contribution in [0.2, 0.25) is 0 Å². The number of carbonyl (C=O) groups excluding carboxylic acids is 1. The summed E-state index contributed by atoms with van der Waals surface area (Å²) in [5, 5.41) is 11.5. The van der Waals surface area contributed by atoms with Gasteiger partial charge in [-0.3, -0.25) is 4.79 Å². The first kappa shape index (κ1) is 10.6. The fourth-order valence-electron chi connectivity index (χ4n) is 1.58. The van der Waals surface area contributed by atoms with Gasteiger partial charge >= 0.3 is 5.97 Å². The molecule has 1 aromatic rings. The Hall–Kier alpha value is -1.88. The maximum absolute atomic E-state index is 11.1. The number of benzene rings is 1. The van der Waals surface area contributed by atoms with Crippen LogP contribution in [0.5, 0.6) is 0 Å². The molecule has 0 bridgehead atoms. The molecule has 1 amide bonds. The van der Waals surface area contributed by atoms with Crippen LogP contribution in [0.4, 0.5) is 0 Å². The van der Waals surface area contributed by atoms with Gasteiger partial charge in [-0.1, -0.05) is 12.1 Å². The highest BCUT2D eigenvalue weighted by Crippen LogP contribution is 2.16. The SMILES string of the molecule is O=C1COCC(c2ccc(C(=O)O)cc2)N1. The first-order valence-corrected chi connectivity index (χ1v) is 4.87. The van der Waals surface area contributed by atoms with Crippen molar-refractivity contribution in [1.82, 2.24) is 5.32 Å². The molecule has 1 unspecified atom stereocenters. The summed E-state index contributed by atoms with van der Waals surface area (Å²) in [5.74, 6) is -1.12. The van der Waals surface area contributed by atoms with Gasteiger partial charge in [-0.15, -0.1) is 0 Å². The second-order valence-electron chi connectivity index (χ2n) is 3.56. The van der Waals surface area contributed by atoms with E-state index in [4.69, 9.17) is 9.84 Å². The Morgan fingerprint density at radius 1 is 1.38 bits per heavy atom. The number of amides is 1. The second kappa shape index (κ2) is 4.32. The molecule has 2 rings (SSSR count). The molecule has 0 aliphatic carbocycles. The van der Waals surface area contributed by atoms with Crippen molar-refractivity contribution >= 4 is 11.9 Å². The number of hydrogen-bond donors (Lipinski definition) is 2. The van der Waals surface area contributed by atoms with E-state index >= 15 is 0 Å². The van der Waals surface area contributed by atoms with Gasteiger partial charge in [0, 0.05) is 0 Å². The molecule has 84 valence electrons. The van der Waals surface area contributed by atoms with E-state index in [9.17, 15) is 9.59 Å². The Balaban J connectivity index is 2.14. The van der Waals surface area contributed by atoms with E-state index in [1.165, 1.54) is 12.1 Å². The molecular formula is C11H11NO4. The Kier molecular flexibility index (Phi) is 2.87. The molecule has 1 aromatic carbocycles. The highest BCUT2D eigenvalue weighted by molar-refractivity contribution is 5.87. The van der Waals surface area contributed by atoms with E-state index in [0.29, 0.717) is 6.61 Å². The Morgan fingerprint density at radius 3 is 2.62 bits per heavy atom. The lowest BCUT2D eigenvalue weighted by molar-refractivity contribution is -0.131. The largest absolute Gasteiger partial charge is 0.478 e. The molecule has 1 heterocycles. The predicted molar refractivity (Wildman–Crippen MR) is 55.1 cm³/mol. The molecule has 1 saturated heterocycles. The molecule has 1 aliphatic heterocycles. The lowest BCUT2D eigenvalue weighted by Crippen LogP contribution is -2.39. The van der Waals surface area contributed by atoms with Crippen molar-refractivity contribution < 1.29 is 19.4 Å². The van der Waals surface area contributed by atoms with Crippen LogP contribution < -0.4 is 5.32 Å². The van der Waals surface area contributed by atoms with Gasteiger partial charge < -0.3 is 15.2 Å². The van der Waals surface area contributed by atoms with E-state index in [1.807, 2.05) is 0 Å². The summed E-state index contributed by atoms with van der Waals surface area (Å²) in [6.07, 6.45) is 0. The summed E-state index contributed by atoms with van der Waals surface area (Å²) in [7, 11) is 0. The zero-order chi connectivity index (χ0) is 11.5. The van der Waals surface area contributed by atoms with Crippen molar-refractivity contribution in [2.24, 2.45) is 0 Å². The zero-order valence-electron chi connectivity index (χ0n) is 8.47. The molecule has 0 aromatic heterocycles. The van der Waals surface area contributed by atoms with E-state index in [-0.39, 0.29) is 24.1 Å². The zero-order valence-corrected chi connectivity index (χ0v) is 8.47. The third kappa shape index (κ3) is 2.20. The van der Waals surface area contributed by atoms with Gasteiger partial charge in [0.1, 0.15) is 6.61 Å². The van der Waals surface area contributed by atoms with Gasteiger partial charge in [0.2, 0.25) is 5.91 Å². The topological polar surface area (TPSA) is 75.6 Å². The number of hydrogen-bond acceptors (Lipinski definition) is 3. The van der Waals surface area contributed by atoms with Crippen LogP contribution in [0.25, 0.3) is 0 Å². The number of carbonyl (C=O) groups is 2. The number of morpholine rings is 1. The second-order valence-corrected chi connectivity index (χ2v) is 3.56. The van der Waals surface area contributed by atoms with Crippen LogP contribution in [-0.2, 0) is 9.53 Å². The number of ether oxygens (including phenoxy) is 1. The summed E-state index contributed by atoms with van der Waals surface area (Å²) >= 11 is 0. The van der Waals surface area contributed by atoms with Gasteiger partial charge in [0.05, 0.1) is 18.2 Å². The Morgan fingerprint density at radius 2 is 2.06 bits per heavy atom. The monoisotopic (exact) mass is 221 g/mol. The number of carboxylic acids is 1. The third-order valence-electron chi connectivity index (χ3n) is 2.41. The Bertz CT molecular complexity index is 412. The summed E-state index contributed by atoms with van der Waals surface area (Å²) in [4.78, 5) is 21.7. The van der Waals surface area contributed by atoms with E-state index in [0.717, 1.165) is 5.56 Å². The normalized spacial score (nSPS) is 20.2. The summed E-state index contributed by atoms with van der Waals surface area (Å²) in [5.41, 5.74) is 1.07. The van der Waals surface area contributed by atoms with E-state index in [1.54, 1.807) is 12.1 Å². The first-order valence-electron chi connectivity index (χ1n) is 4.87. The minimum absolute atomic E-state index is 0.0870. The average Bonchev–Trinajstić information content (AvgIpc) is 2.29. The quantitative estimate of drug-likeness (QED) is 0.765. The third-order valence-corrected chi connectivity index (χ3v) is 2.41. The molecular weight excluding hydrogens is 210 g/mol. The molecule has 5 nitrogen and oxygen atoms in total. The maximum atomic E-state index is 11.1. The molecule has 0 radical (unpaired) electrons. The van der Waals surface area contributed by atoms with E-state index in [2.05, 4.69) is 5.32 Å². The van der Waals surface area contributed by atoms with Gasteiger partial charge in [-0.2, -0.15) is 0 Å². The van der Waals surface area contributed by atoms with Crippen LogP contribution in [0.15, 0.2) is 24.3 Å². The van der Waals surface area contributed by atoms with Crippen LogP contribution in [-0.4, -0.2) is 30.2 Å². The maximum Gasteiger partial charge on any atom is 0.335 e. The fourth-order valence-corrected chi connectivity index (χ4v) is 1.58. The van der Waals surface area contributed by atoms with Crippen molar-refractivity contribution in [2.45, 2.75) is 6.04 Å². The molecule has 1 atom stereocenters. The van der Waals surface area contributed by atoms with Gasteiger partial charge in [-0.25, -0.2) is 4.79 Å². The van der Waals surface area contributed by atoms with Crippen LogP contribution in [0.1, 0.15) is 22.0 Å². The lowest BCUT2D eigenvalue weighted by Gasteiger charge is -2.23. The smallest absolute Gasteiger partial charge is 0.335 e. The number of nitrogens with one attached hydrogen (secondary N) is 1. The first-order chi connectivity index (χ1) is 7.66. The molecule has 2 N–H and O–H groups in total. The van der Waals surface area contributed by atoms with Gasteiger partial charge in [0.25, 0.3) is 0 Å². The number of carboxylic acid groups (broad SMARTS) is 1.